The van der Waals surface area contributed by atoms with Gasteiger partial charge in [0.15, 0.2) is 0 Å². The van der Waals surface area contributed by atoms with E-state index >= 15 is 0 Å². The van der Waals surface area contributed by atoms with Gasteiger partial charge in [0, 0.05) is 30.7 Å². The molecule has 2 rings (SSSR count). The number of likely N-dealkylation sites (N-methyl/N-ethyl adjacent to an activating group) is 1. The number of hydrogen-bond donors (Lipinski definition) is 3. The Kier molecular flexibility index (Phi) is 5.83. The van der Waals surface area contributed by atoms with E-state index in [1.54, 1.807) is 12.1 Å². The van der Waals surface area contributed by atoms with Crippen LogP contribution >= 0.6 is 11.6 Å². The molecule has 22 heavy (non-hydrogen) atoms. The average Bonchev–Trinajstić information content (AvgIpc) is 2.45. The molecule has 0 unspecified atom stereocenters. The van der Waals surface area contributed by atoms with Gasteiger partial charge in [0.1, 0.15) is 5.70 Å². The molecular formula is C16H20ClN3O2. The predicted molar refractivity (Wildman–Crippen MR) is 85.9 cm³/mol. The Labute approximate surface area is 135 Å². The highest BCUT2D eigenvalue weighted by Gasteiger charge is 2.26. The quantitative estimate of drug-likeness (QED) is 0.701. The summed E-state index contributed by atoms with van der Waals surface area (Å²) >= 11 is 5.83. The standard InChI is InChI=1S/C16H20ClN3O2/c1-18-16(22)14(20-15(21)12-3-2-4-12)10-19-9-11-5-7-13(17)8-6-11/h5-8,10,12,19H,2-4,9H2,1H3,(H,18,22)(H,20,21)/b14-10+. The van der Waals surface area contributed by atoms with Crippen LogP contribution in [0.4, 0.5) is 0 Å². The highest BCUT2D eigenvalue weighted by molar-refractivity contribution is 6.30. The van der Waals surface area contributed by atoms with Crippen LogP contribution < -0.4 is 16.0 Å². The number of halogens is 1. The number of nitrogens with one attached hydrogen (secondary N) is 3. The summed E-state index contributed by atoms with van der Waals surface area (Å²) in [5, 5.41) is 8.93. The van der Waals surface area contributed by atoms with Gasteiger partial charge < -0.3 is 16.0 Å². The van der Waals surface area contributed by atoms with Crippen LogP contribution in [0, 0.1) is 5.92 Å². The largest absolute Gasteiger partial charge is 0.385 e. The molecule has 6 heteroatoms. The van der Waals surface area contributed by atoms with Gasteiger partial charge in [-0.1, -0.05) is 30.2 Å². The van der Waals surface area contributed by atoms with E-state index in [1.165, 1.54) is 13.2 Å². The molecule has 1 saturated carbocycles. The first-order valence-corrected chi connectivity index (χ1v) is 7.69. The Morgan fingerprint density at radius 3 is 2.50 bits per heavy atom. The molecule has 0 saturated heterocycles. The zero-order chi connectivity index (χ0) is 15.9. The van der Waals surface area contributed by atoms with Gasteiger partial charge in [-0.25, -0.2) is 0 Å². The Morgan fingerprint density at radius 1 is 1.27 bits per heavy atom. The van der Waals surface area contributed by atoms with Crippen molar-refractivity contribution in [1.82, 2.24) is 16.0 Å². The molecule has 3 N–H and O–H groups in total. The van der Waals surface area contributed by atoms with E-state index in [1.807, 2.05) is 12.1 Å². The van der Waals surface area contributed by atoms with Gasteiger partial charge in [-0.15, -0.1) is 0 Å². The van der Waals surface area contributed by atoms with Crippen LogP contribution in [-0.4, -0.2) is 18.9 Å². The zero-order valence-corrected chi connectivity index (χ0v) is 13.2. The lowest BCUT2D eigenvalue weighted by Crippen LogP contribution is -2.39. The highest BCUT2D eigenvalue weighted by Crippen LogP contribution is 2.26. The van der Waals surface area contributed by atoms with E-state index in [9.17, 15) is 9.59 Å². The third-order valence-corrected chi connectivity index (χ3v) is 3.92. The van der Waals surface area contributed by atoms with Crippen molar-refractivity contribution in [2.24, 2.45) is 5.92 Å². The van der Waals surface area contributed by atoms with Crippen molar-refractivity contribution in [1.29, 1.82) is 0 Å². The normalized spacial score (nSPS) is 14.9. The molecule has 2 amide bonds. The van der Waals surface area contributed by atoms with Gasteiger partial charge in [-0.3, -0.25) is 9.59 Å². The summed E-state index contributed by atoms with van der Waals surface area (Å²) in [6, 6.07) is 7.41. The van der Waals surface area contributed by atoms with Gasteiger partial charge >= 0.3 is 0 Å². The van der Waals surface area contributed by atoms with Gasteiger partial charge in [0.2, 0.25) is 5.91 Å². The van der Waals surface area contributed by atoms with Crippen LogP contribution in [0.1, 0.15) is 24.8 Å². The second-order valence-corrected chi connectivity index (χ2v) is 5.70. The van der Waals surface area contributed by atoms with E-state index < -0.39 is 0 Å². The van der Waals surface area contributed by atoms with Crippen molar-refractivity contribution in [3.05, 3.63) is 46.7 Å². The van der Waals surface area contributed by atoms with Crippen molar-refractivity contribution in [3.63, 3.8) is 0 Å². The van der Waals surface area contributed by atoms with Gasteiger partial charge in [-0.2, -0.15) is 0 Å². The van der Waals surface area contributed by atoms with Crippen LogP contribution in [-0.2, 0) is 16.1 Å². The highest BCUT2D eigenvalue weighted by atomic mass is 35.5. The lowest BCUT2D eigenvalue weighted by Gasteiger charge is -2.24. The molecule has 0 radical (unpaired) electrons. The van der Waals surface area contributed by atoms with E-state index in [2.05, 4.69) is 16.0 Å². The SMILES string of the molecule is CNC(=O)/C(=C\NCc1ccc(Cl)cc1)NC(=O)C1CCC1. The Balaban J connectivity index is 1.93. The molecule has 0 bridgehead atoms. The molecule has 0 aromatic heterocycles. The Bertz CT molecular complexity index is 565. The number of hydrogen-bond acceptors (Lipinski definition) is 3. The minimum atomic E-state index is -0.323. The first-order chi connectivity index (χ1) is 10.6. The molecule has 118 valence electrons. The van der Waals surface area contributed by atoms with Crippen molar-refractivity contribution in [2.75, 3.05) is 7.05 Å². The van der Waals surface area contributed by atoms with Gasteiger partial charge in [-0.05, 0) is 30.5 Å². The molecular weight excluding hydrogens is 302 g/mol. The van der Waals surface area contributed by atoms with Crippen LogP contribution in [0.2, 0.25) is 5.02 Å². The monoisotopic (exact) mass is 321 g/mol. The Hall–Kier alpha value is -2.01. The molecule has 0 atom stereocenters. The first kappa shape index (κ1) is 16.4. The molecule has 1 aliphatic rings. The second-order valence-electron chi connectivity index (χ2n) is 5.26. The maximum Gasteiger partial charge on any atom is 0.269 e. The number of carbonyl (C=O) groups is 2. The summed E-state index contributed by atoms with van der Waals surface area (Å²) in [7, 11) is 1.53. The summed E-state index contributed by atoms with van der Waals surface area (Å²) in [5.74, 6) is -0.380. The topological polar surface area (TPSA) is 70.2 Å². The lowest BCUT2D eigenvalue weighted by atomic mass is 9.85. The first-order valence-electron chi connectivity index (χ1n) is 7.31. The van der Waals surface area contributed by atoms with Gasteiger partial charge in [0.25, 0.3) is 5.91 Å². The Morgan fingerprint density at radius 2 is 1.95 bits per heavy atom. The molecule has 1 aromatic rings. The third kappa shape index (κ3) is 4.49. The fourth-order valence-electron chi connectivity index (χ4n) is 2.07. The summed E-state index contributed by atoms with van der Waals surface area (Å²) in [5.41, 5.74) is 1.26. The van der Waals surface area contributed by atoms with Crippen molar-refractivity contribution in [2.45, 2.75) is 25.8 Å². The smallest absolute Gasteiger partial charge is 0.269 e. The summed E-state index contributed by atoms with van der Waals surface area (Å²) < 4.78 is 0. The zero-order valence-electron chi connectivity index (χ0n) is 12.5. The number of rotatable bonds is 6. The summed E-state index contributed by atoms with van der Waals surface area (Å²) in [4.78, 5) is 23.8. The number of benzene rings is 1. The molecule has 0 aliphatic heterocycles. The number of amides is 2. The summed E-state index contributed by atoms with van der Waals surface area (Å²) in [6.45, 7) is 0.539. The van der Waals surface area contributed by atoms with E-state index in [0.717, 1.165) is 24.8 Å². The fourth-order valence-corrected chi connectivity index (χ4v) is 2.20. The van der Waals surface area contributed by atoms with Crippen LogP contribution in [0.3, 0.4) is 0 Å². The van der Waals surface area contributed by atoms with E-state index in [0.29, 0.717) is 11.6 Å². The summed E-state index contributed by atoms with van der Waals surface area (Å²) in [6.07, 6.45) is 4.39. The molecule has 0 heterocycles. The molecule has 1 fully saturated rings. The van der Waals surface area contributed by atoms with Gasteiger partial charge in [0.05, 0.1) is 0 Å². The van der Waals surface area contributed by atoms with E-state index in [-0.39, 0.29) is 23.4 Å². The van der Waals surface area contributed by atoms with Crippen molar-refractivity contribution >= 4 is 23.4 Å². The van der Waals surface area contributed by atoms with Crippen LogP contribution in [0.15, 0.2) is 36.2 Å². The number of carbonyl (C=O) groups excluding carboxylic acids is 2. The average molecular weight is 322 g/mol. The van der Waals surface area contributed by atoms with Crippen molar-refractivity contribution in [3.8, 4) is 0 Å². The minimum absolute atomic E-state index is 0.0318. The molecule has 1 aliphatic carbocycles. The molecule has 0 spiro atoms. The maximum absolute atomic E-state index is 12.0. The lowest BCUT2D eigenvalue weighted by molar-refractivity contribution is -0.128. The molecule has 5 nitrogen and oxygen atoms in total. The fraction of sp³-hybridized carbons (Fsp3) is 0.375. The van der Waals surface area contributed by atoms with Crippen LogP contribution in [0.25, 0.3) is 0 Å². The predicted octanol–water partition coefficient (Wildman–Crippen LogP) is 1.93. The minimum Gasteiger partial charge on any atom is -0.385 e. The van der Waals surface area contributed by atoms with Crippen LogP contribution in [0.5, 0.6) is 0 Å². The third-order valence-electron chi connectivity index (χ3n) is 3.67. The van der Waals surface area contributed by atoms with Crippen molar-refractivity contribution < 1.29 is 9.59 Å². The van der Waals surface area contributed by atoms with E-state index in [4.69, 9.17) is 11.6 Å². The second kappa shape index (κ2) is 7.84. The molecule has 1 aromatic carbocycles. The maximum atomic E-state index is 12.0.